The van der Waals surface area contributed by atoms with Crippen LogP contribution in [0.15, 0.2) is 0 Å². The van der Waals surface area contributed by atoms with Crippen LogP contribution >= 0.6 is 0 Å². The Kier molecular flexibility index (Phi) is 2.76. The van der Waals surface area contributed by atoms with E-state index in [-0.39, 0.29) is 53.8 Å². The van der Waals surface area contributed by atoms with Gasteiger partial charge in [-0.05, 0) is 6.42 Å². The molecular weight excluding hydrogens is 252 g/mol. The van der Waals surface area contributed by atoms with Gasteiger partial charge in [0.05, 0.1) is 12.5 Å². The molecule has 1 saturated heterocycles. The first-order chi connectivity index (χ1) is 8.99. The number of ether oxygens (including phenoxy) is 3. The van der Waals surface area contributed by atoms with Crippen LogP contribution in [-0.4, -0.2) is 36.7 Å². The number of fused-ring (bicyclic) bond motifs is 5. The van der Waals surface area contributed by atoms with Gasteiger partial charge in [-0.1, -0.05) is 0 Å². The van der Waals surface area contributed by atoms with Gasteiger partial charge in [0.1, 0.15) is 12.2 Å². The van der Waals surface area contributed by atoms with E-state index in [9.17, 15) is 14.4 Å². The lowest BCUT2D eigenvalue weighted by Crippen LogP contribution is -2.35. The first-order valence-corrected chi connectivity index (χ1v) is 6.50. The Bertz CT molecular complexity index is 444. The normalized spacial score (nSPS) is 42.7. The number of cyclic esters (lactones) is 1. The van der Waals surface area contributed by atoms with Crippen LogP contribution in [0.1, 0.15) is 20.3 Å². The number of hydrogen-bond donors (Lipinski definition) is 0. The highest BCUT2D eigenvalue weighted by atomic mass is 16.6. The van der Waals surface area contributed by atoms with Crippen molar-refractivity contribution < 1.29 is 28.6 Å². The quantitative estimate of drug-likeness (QED) is 0.529. The van der Waals surface area contributed by atoms with Crippen LogP contribution in [0.2, 0.25) is 0 Å². The third kappa shape index (κ3) is 1.81. The number of carbonyl (C=O) groups excluding carboxylic acids is 3. The van der Waals surface area contributed by atoms with Gasteiger partial charge in [0, 0.05) is 31.6 Å². The van der Waals surface area contributed by atoms with E-state index in [1.54, 1.807) is 0 Å². The molecule has 1 heterocycles. The molecule has 2 saturated carbocycles. The molecule has 6 nitrogen and oxygen atoms in total. The van der Waals surface area contributed by atoms with Crippen molar-refractivity contribution in [3.63, 3.8) is 0 Å². The zero-order valence-electron chi connectivity index (χ0n) is 10.8. The molecule has 0 radical (unpaired) electrons. The van der Waals surface area contributed by atoms with Gasteiger partial charge in [-0.2, -0.15) is 0 Å². The molecule has 1 aliphatic heterocycles. The lowest BCUT2D eigenvalue weighted by atomic mass is 9.80. The summed E-state index contributed by atoms with van der Waals surface area (Å²) in [5.74, 6) is -1.33. The number of esters is 3. The van der Waals surface area contributed by atoms with Gasteiger partial charge in [-0.3, -0.25) is 14.4 Å². The molecule has 0 N–H and O–H groups in total. The van der Waals surface area contributed by atoms with Crippen LogP contribution in [-0.2, 0) is 28.6 Å². The van der Waals surface area contributed by atoms with E-state index in [2.05, 4.69) is 0 Å². The van der Waals surface area contributed by atoms with Gasteiger partial charge < -0.3 is 14.2 Å². The summed E-state index contributed by atoms with van der Waals surface area (Å²) in [5.41, 5.74) is 0. The second kappa shape index (κ2) is 4.21. The van der Waals surface area contributed by atoms with Crippen LogP contribution in [0.4, 0.5) is 0 Å². The molecular formula is C13H16O6. The third-order valence-electron chi connectivity index (χ3n) is 4.46. The second-order valence-corrected chi connectivity index (χ2v) is 5.52. The molecule has 2 bridgehead atoms. The van der Waals surface area contributed by atoms with Gasteiger partial charge in [-0.15, -0.1) is 0 Å². The Morgan fingerprint density at radius 2 is 1.84 bits per heavy atom. The van der Waals surface area contributed by atoms with Crippen molar-refractivity contribution in [3.8, 4) is 0 Å². The van der Waals surface area contributed by atoms with Gasteiger partial charge in [0.25, 0.3) is 0 Å². The SMILES string of the molecule is CC(=O)O[C@H]1[C@@H]2C[C@H](OC(C)=O)[C@H]1[C@H]1COC(=O)[C@H]21. The zero-order chi connectivity index (χ0) is 13.7. The average Bonchev–Trinajstić information content (AvgIpc) is 2.89. The molecule has 0 spiro atoms. The molecule has 3 rings (SSSR count). The average molecular weight is 268 g/mol. The van der Waals surface area contributed by atoms with Crippen LogP contribution in [0.5, 0.6) is 0 Å². The van der Waals surface area contributed by atoms with E-state index in [1.165, 1.54) is 13.8 Å². The summed E-state index contributed by atoms with van der Waals surface area (Å²) in [6.07, 6.45) is -0.0364. The minimum atomic E-state index is -0.364. The molecule has 0 aromatic heterocycles. The van der Waals surface area contributed by atoms with Crippen molar-refractivity contribution in [1.82, 2.24) is 0 Å². The number of hydrogen-bond acceptors (Lipinski definition) is 6. The van der Waals surface area contributed by atoms with E-state index < -0.39 is 0 Å². The van der Waals surface area contributed by atoms with Gasteiger partial charge >= 0.3 is 17.9 Å². The molecule has 3 fully saturated rings. The Morgan fingerprint density at radius 1 is 1.16 bits per heavy atom. The maximum absolute atomic E-state index is 11.7. The number of carbonyl (C=O) groups is 3. The van der Waals surface area contributed by atoms with Crippen molar-refractivity contribution in [2.45, 2.75) is 32.5 Å². The van der Waals surface area contributed by atoms with E-state index in [4.69, 9.17) is 14.2 Å². The first kappa shape index (κ1) is 12.4. The van der Waals surface area contributed by atoms with E-state index in [0.29, 0.717) is 13.0 Å². The minimum Gasteiger partial charge on any atom is -0.465 e. The monoisotopic (exact) mass is 268 g/mol. The van der Waals surface area contributed by atoms with Crippen LogP contribution in [0, 0.1) is 23.7 Å². The highest BCUT2D eigenvalue weighted by Crippen LogP contribution is 2.57. The fourth-order valence-corrected chi connectivity index (χ4v) is 4.02. The Hall–Kier alpha value is -1.59. The molecule has 3 aliphatic rings. The van der Waals surface area contributed by atoms with Gasteiger partial charge in [0.15, 0.2) is 0 Å². The molecule has 104 valence electrons. The maximum atomic E-state index is 11.7. The van der Waals surface area contributed by atoms with Crippen molar-refractivity contribution >= 4 is 17.9 Å². The van der Waals surface area contributed by atoms with E-state index in [0.717, 1.165) is 0 Å². The lowest BCUT2D eigenvalue weighted by Gasteiger charge is -2.27. The maximum Gasteiger partial charge on any atom is 0.309 e. The van der Waals surface area contributed by atoms with E-state index >= 15 is 0 Å². The van der Waals surface area contributed by atoms with Crippen molar-refractivity contribution in [2.24, 2.45) is 23.7 Å². The zero-order valence-corrected chi connectivity index (χ0v) is 10.8. The Labute approximate surface area is 110 Å². The van der Waals surface area contributed by atoms with Crippen molar-refractivity contribution in [3.05, 3.63) is 0 Å². The smallest absolute Gasteiger partial charge is 0.309 e. The largest absolute Gasteiger partial charge is 0.465 e. The summed E-state index contributed by atoms with van der Waals surface area (Å²) in [4.78, 5) is 34.1. The van der Waals surface area contributed by atoms with Crippen molar-refractivity contribution in [1.29, 1.82) is 0 Å². The fourth-order valence-electron chi connectivity index (χ4n) is 4.02. The molecule has 6 heteroatoms. The molecule has 0 aromatic carbocycles. The molecule has 6 atom stereocenters. The topological polar surface area (TPSA) is 78.9 Å². The molecule has 19 heavy (non-hydrogen) atoms. The highest BCUT2D eigenvalue weighted by molar-refractivity contribution is 5.77. The summed E-state index contributed by atoms with van der Waals surface area (Å²) < 4.78 is 15.7. The summed E-state index contributed by atoms with van der Waals surface area (Å²) in [5, 5.41) is 0. The highest BCUT2D eigenvalue weighted by Gasteiger charge is 2.66. The predicted molar refractivity (Wildman–Crippen MR) is 60.6 cm³/mol. The molecule has 0 amide bonds. The second-order valence-electron chi connectivity index (χ2n) is 5.52. The van der Waals surface area contributed by atoms with Gasteiger partial charge in [0.2, 0.25) is 0 Å². The van der Waals surface area contributed by atoms with Gasteiger partial charge in [-0.25, -0.2) is 0 Å². The Morgan fingerprint density at radius 3 is 2.47 bits per heavy atom. The molecule has 0 unspecified atom stereocenters. The standard InChI is InChI=1S/C13H16O6/c1-5(14)18-9-3-7-10-8(4-17-13(10)16)11(9)12(7)19-6(2)15/h7-12H,3-4H2,1-2H3/t7-,8+,9+,10-,11-,12+/m1/s1. The minimum absolute atomic E-state index is 0.0000463. The predicted octanol–water partition coefficient (Wildman–Crippen LogP) is 0.289. The van der Waals surface area contributed by atoms with Crippen LogP contribution in [0.3, 0.4) is 0 Å². The fraction of sp³-hybridized carbons (Fsp3) is 0.769. The van der Waals surface area contributed by atoms with Crippen molar-refractivity contribution in [2.75, 3.05) is 6.61 Å². The molecule has 2 aliphatic carbocycles. The van der Waals surface area contributed by atoms with E-state index in [1.807, 2.05) is 0 Å². The third-order valence-corrected chi connectivity index (χ3v) is 4.46. The summed E-state index contributed by atoms with van der Waals surface area (Å²) in [6, 6.07) is 0. The summed E-state index contributed by atoms with van der Waals surface area (Å²) >= 11 is 0. The van der Waals surface area contributed by atoms with Crippen LogP contribution in [0.25, 0.3) is 0 Å². The van der Waals surface area contributed by atoms with Crippen LogP contribution < -0.4 is 0 Å². The molecule has 0 aromatic rings. The first-order valence-electron chi connectivity index (χ1n) is 6.50. The summed E-state index contributed by atoms with van der Waals surface area (Å²) in [6.45, 7) is 3.05. The number of rotatable bonds is 2. The summed E-state index contributed by atoms with van der Waals surface area (Å²) in [7, 11) is 0. The Balaban J connectivity index is 1.85. The lowest BCUT2D eigenvalue weighted by molar-refractivity contribution is -0.155.